The summed E-state index contributed by atoms with van der Waals surface area (Å²) in [6, 6.07) is 3.32. The summed E-state index contributed by atoms with van der Waals surface area (Å²) in [6.45, 7) is 10.9. The molecular formula is C18H29N5. The van der Waals surface area contributed by atoms with E-state index in [1.807, 2.05) is 26.8 Å². The molecule has 2 N–H and O–H groups in total. The summed E-state index contributed by atoms with van der Waals surface area (Å²) in [7, 11) is 0. The number of nitrogen functional groups attached to an aromatic ring is 1. The van der Waals surface area contributed by atoms with Gasteiger partial charge >= 0.3 is 0 Å². The molecule has 5 heteroatoms. The largest absolute Gasteiger partial charge is 0.383 e. The summed E-state index contributed by atoms with van der Waals surface area (Å²) in [5.41, 5.74) is 8.13. The van der Waals surface area contributed by atoms with Crippen LogP contribution in [0.2, 0.25) is 0 Å². The van der Waals surface area contributed by atoms with Crippen molar-refractivity contribution in [2.45, 2.75) is 59.0 Å². The Morgan fingerprint density at radius 2 is 1.91 bits per heavy atom. The number of anilines is 1. The average Bonchev–Trinajstić information content (AvgIpc) is 2.80. The minimum atomic E-state index is 0.522. The summed E-state index contributed by atoms with van der Waals surface area (Å²) >= 11 is 0. The monoisotopic (exact) mass is 315 g/mol. The van der Waals surface area contributed by atoms with E-state index in [0.29, 0.717) is 11.9 Å². The Kier molecular flexibility index (Phi) is 4.57. The molecule has 0 radical (unpaired) electrons. The fourth-order valence-electron chi connectivity index (χ4n) is 3.80. The Balaban J connectivity index is 0.000000753. The van der Waals surface area contributed by atoms with Crippen LogP contribution in [0.3, 0.4) is 0 Å². The number of nitrogens with two attached hydrogens (primary N) is 1. The number of hydrogen-bond donors (Lipinski definition) is 1. The van der Waals surface area contributed by atoms with Crippen molar-refractivity contribution in [3.05, 3.63) is 18.0 Å². The van der Waals surface area contributed by atoms with Crippen LogP contribution < -0.4 is 5.73 Å². The predicted molar refractivity (Wildman–Crippen MR) is 95.4 cm³/mol. The fraction of sp³-hybridized carbons (Fsp3) is 0.667. The van der Waals surface area contributed by atoms with Gasteiger partial charge in [-0.25, -0.2) is 4.98 Å². The SMILES string of the molecule is CC.CCC1CN(C2CC(n3nc(C)c4c(N)nccc43)C2)C1. The Labute approximate surface area is 138 Å². The van der Waals surface area contributed by atoms with Crippen molar-refractivity contribution in [3.8, 4) is 0 Å². The number of likely N-dealkylation sites (tertiary alicyclic amines) is 1. The van der Waals surface area contributed by atoms with Gasteiger partial charge < -0.3 is 5.73 Å². The summed E-state index contributed by atoms with van der Waals surface area (Å²) in [5.74, 6) is 1.53. The van der Waals surface area contributed by atoms with Crippen molar-refractivity contribution >= 4 is 16.7 Å². The number of aromatic nitrogens is 3. The Morgan fingerprint density at radius 3 is 2.57 bits per heavy atom. The molecule has 2 aromatic heterocycles. The number of fused-ring (bicyclic) bond motifs is 1. The third kappa shape index (κ3) is 2.71. The molecule has 3 heterocycles. The molecule has 23 heavy (non-hydrogen) atoms. The third-order valence-electron chi connectivity index (χ3n) is 5.34. The molecule has 2 aromatic rings. The van der Waals surface area contributed by atoms with E-state index >= 15 is 0 Å². The molecule has 0 bridgehead atoms. The van der Waals surface area contributed by atoms with Gasteiger partial charge in [0.15, 0.2) is 0 Å². The first kappa shape index (κ1) is 16.2. The average molecular weight is 315 g/mol. The molecule has 0 atom stereocenters. The van der Waals surface area contributed by atoms with Crippen LogP contribution in [-0.2, 0) is 0 Å². The zero-order valence-corrected chi connectivity index (χ0v) is 14.8. The predicted octanol–water partition coefficient (Wildman–Crippen LogP) is 3.39. The van der Waals surface area contributed by atoms with Crippen molar-refractivity contribution in [2.24, 2.45) is 5.92 Å². The molecule has 0 amide bonds. The van der Waals surface area contributed by atoms with Crippen LogP contribution in [0.5, 0.6) is 0 Å². The highest BCUT2D eigenvalue weighted by molar-refractivity contribution is 5.90. The van der Waals surface area contributed by atoms with Gasteiger partial charge in [0.1, 0.15) is 5.82 Å². The first-order chi connectivity index (χ1) is 11.2. The van der Waals surface area contributed by atoms with E-state index < -0.39 is 0 Å². The van der Waals surface area contributed by atoms with Gasteiger partial charge in [-0.2, -0.15) is 5.10 Å². The van der Waals surface area contributed by atoms with E-state index in [4.69, 9.17) is 10.8 Å². The zero-order chi connectivity index (χ0) is 16.6. The lowest BCUT2D eigenvalue weighted by molar-refractivity contribution is -0.00797. The maximum Gasteiger partial charge on any atom is 0.134 e. The second-order valence-electron chi connectivity index (χ2n) is 6.63. The van der Waals surface area contributed by atoms with Gasteiger partial charge in [-0.15, -0.1) is 0 Å². The van der Waals surface area contributed by atoms with Gasteiger partial charge in [0.2, 0.25) is 0 Å². The number of nitrogens with zero attached hydrogens (tertiary/aromatic N) is 4. The quantitative estimate of drug-likeness (QED) is 0.943. The standard InChI is InChI=1S/C16H23N5.C2H6/c1-3-11-8-20(9-11)12-6-13(7-12)21-14-4-5-18-16(17)15(14)10(2)19-21;1-2/h4-5,11-13H,3,6-9H2,1-2H3,(H2,17,18);1-2H3. The second-order valence-corrected chi connectivity index (χ2v) is 6.63. The van der Waals surface area contributed by atoms with E-state index in [1.165, 1.54) is 32.4 Å². The summed E-state index contributed by atoms with van der Waals surface area (Å²) < 4.78 is 2.18. The molecule has 0 unspecified atom stereocenters. The minimum Gasteiger partial charge on any atom is -0.383 e. The molecule has 0 aromatic carbocycles. The summed E-state index contributed by atoms with van der Waals surface area (Å²) in [6.07, 6.45) is 5.54. The maximum absolute atomic E-state index is 5.99. The molecular weight excluding hydrogens is 286 g/mol. The summed E-state index contributed by atoms with van der Waals surface area (Å²) in [5, 5.41) is 5.74. The van der Waals surface area contributed by atoms with Crippen LogP contribution in [-0.4, -0.2) is 38.8 Å². The molecule has 5 nitrogen and oxygen atoms in total. The molecule has 126 valence electrons. The molecule has 1 aliphatic carbocycles. The van der Waals surface area contributed by atoms with Gasteiger partial charge in [0.25, 0.3) is 0 Å². The lowest BCUT2D eigenvalue weighted by Gasteiger charge is -2.50. The van der Waals surface area contributed by atoms with Crippen molar-refractivity contribution < 1.29 is 0 Å². The highest BCUT2D eigenvalue weighted by Gasteiger charge is 2.40. The van der Waals surface area contributed by atoms with Gasteiger partial charge in [0.05, 0.1) is 22.6 Å². The summed E-state index contributed by atoms with van der Waals surface area (Å²) in [4.78, 5) is 6.82. The molecule has 1 aliphatic heterocycles. The van der Waals surface area contributed by atoms with Crippen LogP contribution in [0.4, 0.5) is 5.82 Å². The molecule has 1 saturated heterocycles. The normalized spacial score (nSPS) is 24.7. The Hall–Kier alpha value is -1.62. The van der Waals surface area contributed by atoms with E-state index in [9.17, 15) is 0 Å². The Morgan fingerprint density at radius 1 is 1.22 bits per heavy atom. The topological polar surface area (TPSA) is 60.0 Å². The number of rotatable bonds is 3. The van der Waals surface area contributed by atoms with Crippen LogP contribution in [0.25, 0.3) is 10.9 Å². The molecule has 2 fully saturated rings. The van der Waals surface area contributed by atoms with Gasteiger partial charge in [-0.05, 0) is 31.7 Å². The van der Waals surface area contributed by atoms with Gasteiger partial charge in [-0.1, -0.05) is 27.2 Å². The lowest BCUT2D eigenvalue weighted by atomic mass is 9.81. The maximum atomic E-state index is 5.99. The molecule has 1 saturated carbocycles. The van der Waals surface area contributed by atoms with E-state index in [-0.39, 0.29) is 0 Å². The van der Waals surface area contributed by atoms with E-state index in [2.05, 4.69) is 21.5 Å². The smallest absolute Gasteiger partial charge is 0.134 e. The highest BCUT2D eigenvalue weighted by atomic mass is 15.3. The van der Waals surface area contributed by atoms with Crippen LogP contribution in [0, 0.1) is 12.8 Å². The van der Waals surface area contributed by atoms with Crippen molar-refractivity contribution in [3.63, 3.8) is 0 Å². The van der Waals surface area contributed by atoms with E-state index in [1.54, 1.807) is 6.20 Å². The van der Waals surface area contributed by atoms with Crippen LogP contribution >= 0.6 is 0 Å². The van der Waals surface area contributed by atoms with Crippen molar-refractivity contribution in [1.29, 1.82) is 0 Å². The minimum absolute atomic E-state index is 0.522. The Bertz CT molecular complexity index is 665. The second kappa shape index (κ2) is 6.48. The zero-order valence-electron chi connectivity index (χ0n) is 14.8. The number of hydrogen-bond acceptors (Lipinski definition) is 4. The fourth-order valence-corrected chi connectivity index (χ4v) is 3.80. The molecule has 2 aliphatic rings. The van der Waals surface area contributed by atoms with Crippen LogP contribution in [0.15, 0.2) is 12.3 Å². The number of aryl methyl sites for hydroxylation is 1. The molecule has 0 spiro atoms. The van der Waals surface area contributed by atoms with Crippen LogP contribution in [0.1, 0.15) is 51.8 Å². The molecule has 4 rings (SSSR count). The lowest BCUT2D eigenvalue weighted by Crippen LogP contribution is -2.56. The van der Waals surface area contributed by atoms with Gasteiger partial charge in [0, 0.05) is 25.3 Å². The van der Waals surface area contributed by atoms with Crippen molar-refractivity contribution in [1.82, 2.24) is 19.7 Å². The number of pyridine rings is 1. The first-order valence-corrected chi connectivity index (χ1v) is 9.00. The first-order valence-electron chi connectivity index (χ1n) is 9.00. The highest BCUT2D eigenvalue weighted by Crippen LogP contribution is 2.41. The van der Waals surface area contributed by atoms with E-state index in [0.717, 1.165) is 28.6 Å². The van der Waals surface area contributed by atoms with Gasteiger partial charge in [-0.3, -0.25) is 9.58 Å². The third-order valence-corrected chi connectivity index (χ3v) is 5.34. The van der Waals surface area contributed by atoms with Crippen molar-refractivity contribution in [2.75, 3.05) is 18.8 Å².